The molecule has 96 valence electrons. The van der Waals surface area contributed by atoms with Crippen LogP contribution in [0.15, 0.2) is 10.7 Å². The molecule has 1 unspecified atom stereocenters. The van der Waals surface area contributed by atoms with E-state index < -0.39 is 0 Å². The minimum absolute atomic E-state index is 0.466. The largest absolute Gasteiger partial charge is 0.367 e. The van der Waals surface area contributed by atoms with Gasteiger partial charge in [0.1, 0.15) is 16.2 Å². The van der Waals surface area contributed by atoms with Gasteiger partial charge in [-0.25, -0.2) is 9.97 Å². The van der Waals surface area contributed by atoms with Gasteiger partial charge in [0.2, 0.25) is 0 Å². The average molecular weight is 300 g/mol. The van der Waals surface area contributed by atoms with Gasteiger partial charge in [0.25, 0.3) is 0 Å². The van der Waals surface area contributed by atoms with Crippen molar-refractivity contribution >= 4 is 21.7 Å². The summed E-state index contributed by atoms with van der Waals surface area (Å²) >= 11 is 3.38. The van der Waals surface area contributed by atoms with Crippen molar-refractivity contribution in [2.75, 3.05) is 5.32 Å². The number of aromatic nitrogens is 2. The number of unbranched alkanes of at least 4 members (excludes halogenated alkanes) is 3. The summed E-state index contributed by atoms with van der Waals surface area (Å²) in [6.07, 6.45) is 6.44. The second-order valence-electron chi connectivity index (χ2n) is 4.52. The highest BCUT2D eigenvalue weighted by molar-refractivity contribution is 9.10. The maximum atomic E-state index is 4.37. The molecule has 0 aliphatic rings. The third-order valence-electron chi connectivity index (χ3n) is 2.69. The number of halogens is 1. The van der Waals surface area contributed by atoms with E-state index in [4.69, 9.17) is 0 Å². The zero-order valence-electron chi connectivity index (χ0n) is 11.0. The molecule has 1 heterocycles. The van der Waals surface area contributed by atoms with Gasteiger partial charge in [-0.15, -0.1) is 0 Å². The van der Waals surface area contributed by atoms with E-state index in [2.05, 4.69) is 45.1 Å². The first-order chi connectivity index (χ1) is 8.11. The molecule has 0 saturated carbocycles. The van der Waals surface area contributed by atoms with Gasteiger partial charge in [-0.1, -0.05) is 32.6 Å². The Labute approximate surface area is 113 Å². The summed E-state index contributed by atoms with van der Waals surface area (Å²) in [6.45, 7) is 6.35. The molecule has 0 aliphatic heterocycles. The van der Waals surface area contributed by atoms with E-state index in [1.807, 2.05) is 13.0 Å². The van der Waals surface area contributed by atoms with Crippen molar-refractivity contribution in [1.29, 1.82) is 0 Å². The molecule has 17 heavy (non-hydrogen) atoms. The maximum Gasteiger partial charge on any atom is 0.131 e. The highest BCUT2D eigenvalue weighted by atomic mass is 79.9. The lowest BCUT2D eigenvalue weighted by Gasteiger charge is -2.14. The summed E-state index contributed by atoms with van der Waals surface area (Å²) in [7, 11) is 0. The molecule has 1 aromatic rings. The van der Waals surface area contributed by atoms with E-state index in [0.29, 0.717) is 6.04 Å². The maximum absolute atomic E-state index is 4.37. The SMILES string of the molecule is CCCCCCC(C)Nc1cc(Br)nc(C)n1. The highest BCUT2D eigenvalue weighted by Crippen LogP contribution is 2.14. The fourth-order valence-corrected chi connectivity index (χ4v) is 2.28. The van der Waals surface area contributed by atoms with Gasteiger partial charge in [0.15, 0.2) is 0 Å². The lowest BCUT2D eigenvalue weighted by molar-refractivity contribution is 0.592. The van der Waals surface area contributed by atoms with Crippen molar-refractivity contribution in [1.82, 2.24) is 9.97 Å². The fraction of sp³-hybridized carbons (Fsp3) is 0.692. The number of rotatable bonds is 7. The first kappa shape index (κ1) is 14.4. The summed E-state index contributed by atoms with van der Waals surface area (Å²) in [6, 6.07) is 2.39. The first-order valence-electron chi connectivity index (χ1n) is 6.39. The third-order valence-corrected chi connectivity index (χ3v) is 3.10. The predicted octanol–water partition coefficient (Wildman–Crippen LogP) is 4.32. The number of anilines is 1. The molecule has 1 aromatic heterocycles. The van der Waals surface area contributed by atoms with Crippen LogP contribution in [-0.4, -0.2) is 16.0 Å². The monoisotopic (exact) mass is 299 g/mol. The molecule has 0 aliphatic carbocycles. The average Bonchev–Trinajstić information content (AvgIpc) is 2.23. The Morgan fingerprint density at radius 3 is 2.71 bits per heavy atom. The quantitative estimate of drug-likeness (QED) is 0.602. The van der Waals surface area contributed by atoms with E-state index in [0.717, 1.165) is 16.2 Å². The van der Waals surface area contributed by atoms with Crippen LogP contribution in [0.3, 0.4) is 0 Å². The Kier molecular flexibility index (Phi) is 6.48. The minimum Gasteiger partial charge on any atom is -0.367 e. The van der Waals surface area contributed by atoms with Crippen molar-refractivity contribution in [3.8, 4) is 0 Å². The fourth-order valence-electron chi connectivity index (χ4n) is 1.81. The summed E-state index contributed by atoms with van der Waals surface area (Å²) in [5.74, 6) is 1.70. The number of aryl methyl sites for hydroxylation is 1. The molecule has 0 bridgehead atoms. The van der Waals surface area contributed by atoms with E-state index in [9.17, 15) is 0 Å². The molecule has 3 nitrogen and oxygen atoms in total. The van der Waals surface area contributed by atoms with Crippen LogP contribution in [0.5, 0.6) is 0 Å². The van der Waals surface area contributed by atoms with Crippen LogP contribution in [0.25, 0.3) is 0 Å². The normalized spacial score (nSPS) is 12.5. The Bertz CT molecular complexity index is 321. The van der Waals surface area contributed by atoms with Crippen molar-refractivity contribution < 1.29 is 0 Å². The van der Waals surface area contributed by atoms with Crippen LogP contribution >= 0.6 is 15.9 Å². The summed E-state index contributed by atoms with van der Waals surface area (Å²) in [4.78, 5) is 8.56. The standard InChI is InChI=1S/C13H22BrN3/c1-4-5-6-7-8-10(2)15-13-9-12(14)16-11(3)17-13/h9-10H,4-8H2,1-3H3,(H,15,16,17). The van der Waals surface area contributed by atoms with Gasteiger partial charge in [-0.3, -0.25) is 0 Å². The van der Waals surface area contributed by atoms with Gasteiger partial charge < -0.3 is 5.32 Å². The van der Waals surface area contributed by atoms with Crippen LogP contribution in [0.1, 0.15) is 51.8 Å². The second kappa shape index (κ2) is 7.64. The topological polar surface area (TPSA) is 37.8 Å². The van der Waals surface area contributed by atoms with Gasteiger partial charge >= 0.3 is 0 Å². The smallest absolute Gasteiger partial charge is 0.131 e. The molecule has 0 aromatic carbocycles. The number of hydrogen-bond donors (Lipinski definition) is 1. The van der Waals surface area contributed by atoms with E-state index in [-0.39, 0.29) is 0 Å². The van der Waals surface area contributed by atoms with Gasteiger partial charge in [-0.2, -0.15) is 0 Å². The van der Waals surface area contributed by atoms with Gasteiger partial charge in [0, 0.05) is 12.1 Å². The molecule has 0 spiro atoms. The Balaban J connectivity index is 2.36. The molecule has 1 rings (SSSR count). The summed E-state index contributed by atoms with van der Waals surface area (Å²) in [5, 5.41) is 3.42. The van der Waals surface area contributed by atoms with Crippen LogP contribution in [0, 0.1) is 6.92 Å². The van der Waals surface area contributed by atoms with Gasteiger partial charge in [-0.05, 0) is 36.2 Å². The summed E-state index contributed by atoms with van der Waals surface area (Å²) < 4.78 is 0.839. The van der Waals surface area contributed by atoms with Crippen molar-refractivity contribution in [2.24, 2.45) is 0 Å². The van der Waals surface area contributed by atoms with Crippen LogP contribution in [0.2, 0.25) is 0 Å². The Hall–Kier alpha value is -0.640. The van der Waals surface area contributed by atoms with Crippen LogP contribution < -0.4 is 5.32 Å². The predicted molar refractivity (Wildman–Crippen MR) is 76.3 cm³/mol. The minimum atomic E-state index is 0.466. The lowest BCUT2D eigenvalue weighted by Crippen LogP contribution is -2.16. The lowest BCUT2D eigenvalue weighted by atomic mass is 10.1. The summed E-state index contributed by atoms with van der Waals surface area (Å²) in [5.41, 5.74) is 0. The van der Waals surface area contributed by atoms with Crippen molar-refractivity contribution in [3.63, 3.8) is 0 Å². The molecule has 0 saturated heterocycles. The van der Waals surface area contributed by atoms with Crippen LogP contribution in [-0.2, 0) is 0 Å². The number of nitrogens with zero attached hydrogens (tertiary/aromatic N) is 2. The molecule has 4 heteroatoms. The third kappa shape index (κ3) is 6.01. The molecular weight excluding hydrogens is 278 g/mol. The number of hydrogen-bond acceptors (Lipinski definition) is 3. The van der Waals surface area contributed by atoms with E-state index in [1.165, 1.54) is 32.1 Å². The number of nitrogens with one attached hydrogen (secondary N) is 1. The highest BCUT2D eigenvalue weighted by Gasteiger charge is 2.04. The Morgan fingerprint density at radius 2 is 2.06 bits per heavy atom. The Morgan fingerprint density at radius 1 is 1.29 bits per heavy atom. The molecular formula is C13H22BrN3. The van der Waals surface area contributed by atoms with Crippen molar-refractivity contribution in [2.45, 2.75) is 58.9 Å². The zero-order valence-corrected chi connectivity index (χ0v) is 12.5. The molecule has 0 radical (unpaired) electrons. The second-order valence-corrected chi connectivity index (χ2v) is 5.33. The molecule has 0 fully saturated rings. The van der Waals surface area contributed by atoms with E-state index >= 15 is 0 Å². The zero-order chi connectivity index (χ0) is 12.7. The van der Waals surface area contributed by atoms with E-state index in [1.54, 1.807) is 0 Å². The molecule has 1 atom stereocenters. The first-order valence-corrected chi connectivity index (χ1v) is 7.19. The van der Waals surface area contributed by atoms with Crippen molar-refractivity contribution in [3.05, 3.63) is 16.5 Å². The van der Waals surface area contributed by atoms with Gasteiger partial charge in [0.05, 0.1) is 0 Å². The van der Waals surface area contributed by atoms with Crippen LogP contribution in [0.4, 0.5) is 5.82 Å². The molecule has 0 amide bonds. The molecule has 1 N–H and O–H groups in total.